The van der Waals surface area contributed by atoms with Crippen LogP contribution in [0.4, 0.5) is 16.2 Å². The van der Waals surface area contributed by atoms with Gasteiger partial charge in [-0.1, -0.05) is 84.9 Å². The second kappa shape index (κ2) is 18.5. The largest absolute Gasteiger partial charge is 0.489 e. The van der Waals surface area contributed by atoms with Gasteiger partial charge in [-0.2, -0.15) is 10.5 Å². The number of hydrogen-bond acceptors (Lipinski definition) is 7. The number of fused-ring (bicyclic) bond motifs is 2. The first kappa shape index (κ1) is 40.9. The number of nitrogens with zero attached hydrogens (tertiary/aromatic N) is 3. The number of benzene rings is 6. The van der Waals surface area contributed by atoms with E-state index in [2.05, 4.69) is 29.6 Å². The fraction of sp³-hybridized carbons (Fsp3) is 0.204. The SMILES string of the molecule is CC(C)(C)OC(=O)N1CCc2cc(OCc3ccc(-c4ccccc4)c(C#N)c3)ccc21.Cl.N#Cc1cc(COc2ccc3c(c2)CCN3)ccc1-c1ccccc1. The summed E-state index contributed by atoms with van der Waals surface area (Å²) in [4.78, 5) is 14.1. The number of carbonyl (C=O) groups is 1. The van der Waals surface area contributed by atoms with E-state index < -0.39 is 5.60 Å². The van der Waals surface area contributed by atoms with E-state index in [1.54, 1.807) is 4.90 Å². The molecule has 0 unspecified atom stereocenters. The van der Waals surface area contributed by atoms with E-state index in [-0.39, 0.29) is 18.5 Å². The van der Waals surface area contributed by atoms with Crippen molar-refractivity contribution >= 4 is 29.9 Å². The highest BCUT2D eigenvalue weighted by Crippen LogP contribution is 2.33. The van der Waals surface area contributed by atoms with E-state index >= 15 is 0 Å². The Kier molecular flexibility index (Phi) is 13.0. The molecule has 0 fully saturated rings. The van der Waals surface area contributed by atoms with Crippen LogP contribution in [-0.2, 0) is 30.8 Å². The maximum Gasteiger partial charge on any atom is 0.414 e. The Hall–Kier alpha value is -6.74. The molecule has 0 saturated carbocycles. The lowest BCUT2D eigenvalue weighted by atomic mass is 9.98. The number of anilines is 2. The standard InChI is InChI=1S/C27H26N2O3.C22H18N2O.ClH/c1-27(2,3)32-26(30)29-14-13-21-16-23(10-12-25(21)29)31-18-19-9-11-24(22(15-19)17-28)20-7-5-4-6-8-20;23-14-19-12-16(6-8-21(19)17-4-2-1-3-5-17)15-25-20-7-9-22-18(13-20)10-11-24-22;/h4-12,15-16H,13-14,18H2,1-3H3;1-9,12-13,24H,10-11,15H2;1H. The molecule has 2 aliphatic heterocycles. The number of nitriles is 2. The van der Waals surface area contributed by atoms with E-state index in [1.807, 2.05) is 142 Å². The average Bonchev–Trinajstić information content (AvgIpc) is 3.89. The van der Waals surface area contributed by atoms with E-state index in [9.17, 15) is 15.3 Å². The normalized spacial score (nSPS) is 12.3. The number of ether oxygens (including phenoxy) is 3. The Morgan fingerprint density at radius 3 is 1.74 bits per heavy atom. The zero-order valence-electron chi connectivity index (χ0n) is 32.8. The zero-order valence-corrected chi connectivity index (χ0v) is 33.6. The van der Waals surface area contributed by atoms with Gasteiger partial charge in [0.25, 0.3) is 0 Å². The van der Waals surface area contributed by atoms with Crippen molar-refractivity contribution < 1.29 is 19.0 Å². The van der Waals surface area contributed by atoms with Crippen molar-refractivity contribution in [3.05, 3.63) is 167 Å². The lowest BCUT2D eigenvalue weighted by molar-refractivity contribution is 0.0584. The minimum absolute atomic E-state index is 0. The van der Waals surface area contributed by atoms with Crippen LogP contribution in [0.5, 0.6) is 11.5 Å². The van der Waals surface area contributed by atoms with Crippen molar-refractivity contribution in [3.63, 3.8) is 0 Å². The number of hydrogen-bond donors (Lipinski definition) is 1. The van der Waals surface area contributed by atoms with Gasteiger partial charge < -0.3 is 19.5 Å². The van der Waals surface area contributed by atoms with Gasteiger partial charge in [-0.15, -0.1) is 12.4 Å². The summed E-state index contributed by atoms with van der Waals surface area (Å²) in [5, 5.41) is 22.4. The maximum atomic E-state index is 12.5. The molecule has 9 heteroatoms. The molecule has 6 aromatic rings. The van der Waals surface area contributed by atoms with Gasteiger partial charge in [0.2, 0.25) is 0 Å². The third-order valence-corrected chi connectivity index (χ3v) is 9.74. The zero-order chi connectivity index (χ0) is 39.8. The van der Waals surface area contributed by atoms with Crippen LogP contribution in [0.2, 0.25) is 0 Å². The van der Waals surface area contributed by atoms with Crippen molar-refractivity contribution in [2.24, 2.45) is 0 Å². The molecule has 0 aromatic heterocycles. The maximum absolute atomic E-state index is 12.5. The first-order valence-electron chi connectivity index (χ1n) is 19.1. The fourth-order valence-corrected chi connectivity index (χ4v) is 6.97. The number of rotatable bonds is 8. The molecule has 2 heterocycles. The molecular weight excluding hydrogens is 744 g/mol. The monoisotopic (exact) mass is 788 g/mol. The highest BCUT2D eigenvalue weighted by molar-refractivity contribution is 5.90. The molecule has 8 nitrogen and oxygen atoms in total. The molecule has 8 rings (SSSR count). The quantitative estimate of drug-likeness (QED) is 0.164. The van der Waals surface area contributed by atoms with Crippen LogP contribution in [0.15, 0.2) is 133 Å². The van der Waals surface area contributed by atoms with Crippen LogP contribution in [0.1, 0.15) is 54.2 Å². The van der Waals surface area contributed by atoms with Crippen molar-refractivity contribution in [1.82, 2.24) is 0 Å². The van der Waals surface area contributed by atoms with Gasteiger partial charge in [-0.3, -0.25) is 4.90 Å². The van der Waals surface area contributed by atoms with Gasteiger partial charge in [-0.25, -0.2) is 4.79 Å². The lowest BCUT2D eigenvalue weighted by Gasteiger charge is -2.24. The Labute approximate surface area is 346 Å². The molecule has 6 aromatic carbocycles. The number of carbonyl (C=O) groups excluding carboxylic acids is 1. The molecule has 0 aliphatic carbocycles. The Bertz CT molecular complexity index is 2470. The van der Waals surface area contributed by atoms with E-state index in [4.69, 9.17) is 14.2 Å². The fourth-order valence-electron chi connectivity index (χ4n) is 6.97. The average molecular weight is 789 g/mol. The first-order valence-corrected chi connectivity index (χ1v) is 19.1. The van der Waals surface area contributed by atoms with Crippen molar-refractivity contribution in [1.29, 1.82) is 10.5 Å². The van der Waals surface area contributed by atoms with Crippen LogP contribution < -0.4 is 19.7 Å². The predicted octanol–water partition coefficient (Wildman–Crippen LogP) is 11.3. The number of halogens is 1. The van der Waals surface area contributed by atoms with Gasteiger partial charge in [-0.05, 0) is 127 Å². The first-order chi connectivity index (χ1) is 27.7. The highest BCUT2D eigenvalue weighted by atomic mass is 35.5. The van der Waals surface area contributed by atoms with Crippen LogP contribution in [0.3, 0.4) is 0 Å². The second-order valence-electron chi connectivity index (χ2n) is 15.0. The Morgan fingerprint density at radius 2 is 1.21 bits per heavy atom. The number of amides is 1. The molecule has 58 heavy (non-hydrogen) atoms. The third kappa shape index (κ3) is 9.97. The molecule has 0 atom stereocenters. The van der Waals surface area contributed by atoms with Crippen LogP contribution in [0, 0.1) is 22.7 Å². The van der Waals surface area contributed by atoms with E-state index in [0.29, 0.717) is 30.9 Å². The van der Waals surface area contributed by atoms with Crippen LogP contribution in [-0.4, -0.2) is 24.8 Å². The second-order valence-corrected chi connectivity index (χ2v) is 15.0. The summed E-state index contributed by atoms with van der Waals surface area (Å²) in [6.07, 6.45) is 1.47. The summed E-state index contributed by atoms with van der Waals surface area (Å²) < 4.78 is 17.4. The topological polar surface area (TPSA) is 108 Å². The summed E-state index contributed by atoms with van der Waals surface area (Å²) in [5.74, 6) is 1.61. The molecule has 0 bridgehead atoms. The third-order valence-electron chi connectivity index (χ3n) is 9.74. The van der Waals surface area contributed by atoms with Crippen LogP contribution in [0.25, 0.3) is 22.3 Å². The predicted molar refractivity (Wildman–Crippen MR) is 231 cm³/mol. The Morgan fingerprint density at radius 1 is 0.672 bits per heavy atom. The molecule has 1 N–H and O–H groups in total. The molecule has 0 saturated heterocycles. The molecule has 0 spiro atoms. The minimum atomic E-state index is -0.527. The summed E-state index contributed by atoms with van der Waals surface area (Å²) in [7, 11) is 0. The molecular formula is C49H45ClN4O4. The van der Waals surface area contributed by atoms with E-state index in [0.717, 1.165) is 75.5 Å². The molecule has 292 valence electrons. The summed E-state index contributed by atoms with van der Waals surface area (Å²) in [6.45, 7) is 7.99. The van der Waals surface area contributed by atoms with Gasteiger partial charge in [0.15, 0.2) is 0 Å². The van der Waals surface area contributed by atoms with Gasteiger partial charge in [0, 0.05) is 18.8 Å². The van der Waals surface area contributed by atoms with Crippen molar-refractivity contribution in [3.8, 4) is 45.9 Å². The van der Waals surface area contributed by atoms with E-state index in [1.165, 1.54) is 11.3 Å². The van der Waals surface area contributed by atoms with Gasteiger partial charge in [0.1, 0.15) is 30.3 Å². The molecule has 1 amide bonds. The van der Waals surface area contributed by atoms with Crippen molar-refractivity contribution in [2.45, 2.75) is 52.4 Å². The lowest BCUT2D eigenvalue weighted by Crippen LogP contribution is -2.35. The van der Waals surface area contributed by atoms with Gasteiger partial charge in [0.05, 0.1) is 29.0 Å². The summed E-state index contributed by atoms with van der Waals surface area (Å²) >= 11 is 0. The highest BCUT2D eigenvalue weighted by Gasteiger charge is 2.29. The molecule has 2 aliphatic rings. The Balaban J connectivity index is 0.000000198. The van der Waals surface area contributed by atoms with Crippen molar-refractivity contribution in [2.75, 3.05) is 23.3 Å². The number of nitrogens with one attached hydrogen (secondary N) is 1. The summed E-state index contributed by atoms with van der Waals surface area (Å²) in [6, 6.07) is 48.1. The van der Waals surface area contributed by atoms with Gasteiger partial charge >= 0.3 is 6.09 Å². The molecule has 0 radical (unpaired) electrons. The summed E-state index contributed by atoms with van der Waals surface area (Å²) in [5.41, 5.74) is 11.1. The smallest absolute Gasteiger partial charge is 0.414 e. The van der Waals surface area contributed by atoms with Crippen LogP contribution >= 0.6 is 12.4 Å². The minimum Gasteiger partial charge on any atom is -0.489 e.